The summed E-state index contributed by atoms with van der Waals surface area (Å²) >= 11 is 5.45. The summed E-state index contributed by atoms with van der Waals surface area (Å²) in [4.78, 5) is 0. The summed E-state index contributed by atoms with van der Waals surface area (Å²) in [6.45, 7) is -0.109. The van der Waals surface area contributed by atoms with Crippen LogP contribution in [-0.4, -0.2) is 37.3 Å². The monoisotopic (exact) mass is 241 g/mol. The molecule has 0 aromatic rings. The predicted octanol–water partition coefficient (Wildman–Crippen LogP) is 0.450. The Morgan fingerprint density at radius 3 is 2.43 bits per heavy atom. The van der Waals surface area contributed by atoms with Crippen LogP contribution in [0.4, 0.5) is 0 Å². The second kappa shape index (κ2) is 4.79. The summed E-state index contributed by atoms with van der Waals surface area (Å²) in [5, 5.41) is 8.94. The summed E-state index contributed by atoms with van der Waals surface area (Å²) in [5.41, 5.74) is -0.542. The number of aliphatic hydroxyl groups is 1. The maximum absolute atomic E-state index is 11.5. The molecular weight excluding hydrogens is 226 g/mol. The highest BCUT2D eigenvalue weighted by Crippen LogP contribution is 2.35. The molecule has 0 aliphatic heterocycles. The molecule has 0 amide bonds. The van der Waals surface area contributed by atoms with E-state index in [0.717, 1.165) is 12.8 Å². The van der Waals surface area contributed by atoms with E-state index < -0.39 is 15.6 Å². The molecule has 14 heavy (non-hydrogen) atoms. The first-order valence-electron chi connectivity index (χ1n) is 4.72. The van der Waals surface area contributed by atoms with Gasteiger partial charge in [0.2, 0.25) is 10.0 Å². The van der Waals surface area contributed by atoms with Crippen molar-refractivity contribution in [3.63, 3.8) is 0 Å². The second-order valence-electron chi connectivity index (χ2n) is 3.76. The third-order valence-corrected chi connectivity index (χ3v) is 4.16. The fourth-order valence-corrected chi connectivity index (χ4v) is 3.01. The van der Waals surface area contributed by atoms with Crippen LogP contribution in [0.15, 0.2) is 0 Å². The highest BCUT2D eigenvalue weighted by molar-refractivity contribution is 7.89. The first-order valence-corrected chi connectivity index (χ1v) is 6.91. The summed E-state index contributed by atoms with van der Waals surface area (Å²) in [7, 11) is -3.23. The first kappa shape index (κ1) is 12.2. The lowest BCUT2D eigenvalue weighted by atomic mass is 10.3. The molecule has 0 unspecified atom stereocenters. The Hall–Kier alpha value is 0.160. The second-order valence-corrected chi connectivity index (χ2v) is 5.98. The third kappa shape index (κ3) is 3.73. The lowest BCUT2D eigenvalue weighted by molar-refractivity contribution is 0.246. The molecule has 1 saturated carbocycles. The van der Waals surface area contributed by atoms with Gasteiger partial charge in [0.25, 0.3) is 0 Å². The highest BCUT2D eigenvalue weighted by Gasteiger charge is 2.44. The van der Waals surface area contributed by atoms with Crippen LogP contribution >= 0.6 is 11.6 Å². The molecule has 1 aliphatic carbocycles. The number of nitrogens with one attached hydrogen (secondary N) is 1. The van der Waals surface area contributed by atoms with E-state index in [9.17, 15) is 8.42 Å². The van der Waals surface area contributed by atoms with Crippen LogP contribution in [-0.2, 0) is 10.0 Å². The molecule has 0 atom stereocenters. The van der Waals surface area contributed by atoms with Crippen molar-refractivity contribution in [3.8, 4) is 0 Å². The van der Waals surface area contributed by atoms with Crippen molar-refractivity contribution in [2.24, 2.45) is 0 Å². The fraction of sp³-hybridized carbons (Fsp3) is 1.00. The Balaban J connectivity index is 2.34. The average molecular weight is 242 g/mol. The van der Waals surface area contributed by atoms with Crippen LogP contribution in [0.5, 0.6) is 0 Å². The zero-order chi connectivity index (χ0) is 10.7. The summed E-state index contributed by atoms with van der Waals surface area (Å²) in [5.74, 6) is 0.585. The van der Waals surface area contributed by atoms with E-state index in [0.29, 0.717) is 18.7 Å². The third-order valence-electron chi connectivity index (χ3n) is 2.32. The number of hydrogen-bond donors (Lipinski definition) is 2. The van der Waals surface area contributed by atoms with Crippen molar-refractivity contribution in [3.05, 3.63) is 0 Å². The maximum Gasteiger partial charge on any atom is 0.212 e. The minimum Gasteiger partial charge on any atom is -0.394 e. The van der Waals surface area contributed by atoms with Crippen LogP contribution < -0.4 is 4.72 Å². The number of sulfonamides is 1. The van der Waals surface area contributed by atoms with Gasteiger partial charge in [-0.2, -0.15) is 0 Å². The van der Waals surface area contributed by atoms with Crippen molar-refractivity contribution in [2.75, 3.05) is 18.2 Å². The minimum absolute atomic E-state index is 0.0987. The molecule has 0 heterocycles. The zero-order valence-corrected chi connectivity index (χ0v) is 9.57. The van der Waals surface area contributed by atoms with Gasteiger partial charge in [-0.05, 0) is 25.7 Å². The molecule has 1 aliphatic rings. The molecule has 0 bridgehead atoms. The van der Waals surface area contributed by atoms with Crippen molar-refractivity contribution in [1.82, 2.24) is 4.72 Å². The fourth-order valence-electron chi connectivity index (χ4n) is 1.21. The van der Waals surface area contributed by atoms with E-state index >= 15 is 0 Å². The van der Waals surface area contributed by atoms with E-state index in [1.807, 2.05) is 0 Å². The van der Waals surface area contributed by atoms with Crippen molar-refractivity contribution in [1.29, 1.82) is 0 Å². The first-order chi connectivity index (χ1) is 6.54. The lowest BCUT2D eigenvalue weighted by Crippen LogP contribution is -2.40. The van der Waals surface area contributed by atoms with Gasteiger partial charge < -0.3 is 5.11 Å². The lowest BCUT2D eigenvalue weighted by Gasteiger charge is -2.14. The summed E-state index contributed by atoms with van der Waals surface area (Å²) < 4.78 is 25.4. The number of unbranched alkanes of at least 4 members (excludes halogenated alkanes) is 1. The molecule has 2 N–H and O–H groups in total. The molecule has 6 heteroatoms. The topological polar surface area (TPSA) is 66.4 Å². The van der Waals surface area contributed by atoms with E-state index in [1.54, 1.807) is 0 Å². The molecule has 0 aromatic carbocycles. The van der Waals surface area contributed by atoms with Gasteiger partial charge >= 0.3 is 0 Å². The van der Waals surface area contributed by atoms with Crippen molar-refractivity contribution >= 4 is 21.6 Å². The molecule has 0 aromatic heterocycles. The van der Waals surface area contributed by atoms with Crippen LogP contribution in [0.25, 0.3) is 0 Å². The van der Waals surface area contributed by atoms with Gasteiger partial charge in [-0.1, -0.05) is 0 Å². The van der Waals surface area contributed by atoms with Gasteiger partial charge in [0, 0.05) is 5.88 Å². The van der Waals surface area contributed by atoms with Gasteiger partial charge in [-0.25, -0.2) is 13.1 Å². The maximum atomic E-state index is 11.5. The number of alkyl halides is 1. The van der Waals surface area contributed by atoms with Crippen LogP contribution in [0.2, 0.25) is 0 Å². The largest absolute Gasteiger partial charge is 0.394 e. The molecule has 0 saturated heterocycles. The molecule has 1 fully saturated rings. The smallest absolute Gasteiger partial charge is 0.212 e. The molecule has 0 spiro atoms. The molecular formula is C8H16ClNO3S. The average Bonchev–Trinajstić information content (AvgIpc) is 2.85. The summed E-state index contributed by atoms with van der Waals surface area (Å²) in [6, 6.07) is 0. The van der Waals surface area contributed by atoms with Crippen LogP contribution in [0.1, 0.15) is 25.7 Å². The number of hydrogen-bond acceptors (Lipinski definition) is 3. The molecule has 84 valence electrons. The highest BCUT2D eigenvalue weighted by atomic mass is 35.5. The Kier molecular flexibility index (Phi) is 4.18. The van der Waals surface area contributed by atoms with Crippen molar-refractivity contribution < 1.29 is 13.5 Å². The van der Waals surface area contributed by atoms with Crippen LogP contribution in [0.3, 0.4) is 0 Å². The standard InChI is InChI=1S/C8H16ClNO3S/c9-5-1-2-6-14(12,13)10-8(7-11)3-4-8/h10-11H,1-7H2. The quantitative estimate of drug-likeness (QED) is 0.503. The van der Waals surface area contributed by atoms with E-state index in [2.05, 4.69) is 4.72 Å². The predicted molar refractivity (Wildman–Crippen MR) is 55.9 cm³/mol. The van der Waals surface area contributed by atoms with E-state index in [4.69, 9.17) is 16.7 Å². The van der Waals surface area contributed by atoms with E-state index in [1.165, 1.54) is 0 Å². The van der Waals surface area contributed by atoms with Crippen molar-refractivity contribution in [2.45, 2.75) is 31.2 Å². The Bertz CT molecular complexity index is 274. The Morgan fingerprint density at radius 1 is 1.36 bits per heavy atom. The molecule has 4 nitrogen and oxygen atoms in total. The molecule has 1 rings (SSSR count). The van der Waals surface area contributed by atoms with E-state index in [-0.39, 0.29) is 12.4 Å². The minimum atomic E-state index is -3.23. The number of aliphatic hydroxyl groups excluding tert-OH is 1. The van der Waals surface area contributed by atoms with Gasteiger partial charge in [0.1, 0.15) is 0 Å². The number of rotatable bonds is 7. The van der Waals surface area contributed by atoms with Gasteiger partial charge in [0.05, 0.1) is 17.9 Å². The number of halogens is 1. The van der Waals surface area contributed by atoms with Gasteiger partial charge in [-0.3, -0.25) is 0 Å². The zero-order valence-electron chi connectivity index (χ0n) is 8.00. The van der Waals surface area contributed by atoms with Gasteiger partial charge in [-0.15, -0.1) is 11.6 Å². The SMILES string of the molecule is O=S(=O)(CCCCCl)NC1(CO)CC1. The normalized spacial score (nSPS) is 19.6. The molecule has 0 radical (unpaired) electrons. The summed E-state index contributed by atoms with van der Waals surface area (Å²) in [6.07, 6.45) is 2.74. The Labute approximate surface area is 89.7 Å². The Morgan fingerprint density at radius 2 is 2.00 bits per heavy atom. The van der Waals surface area contributed by atoms with Crippen LogP contribution in [0, 0.1) is 0 Å². The van der Waals surface area contributed by atoms with Gasteiger partial charge in [0.15, 0.2) is 0 Å².